The summed E-state index contributed by atoms with van der Waals surface area (Å²) in [5.74, 6) is 0.639. The lowest BCUT2D eigenvalue weighted by Crippen LogP contribution is -2.05. The van der Waals surface area contributed by atoms with Gasteiger partial charge in [0.2, 0.25) is 0 Å². The molecule has 28 heavy (non-hydrogen) atoms. The van der Waals surface area contributed by atoms with Gasteiger partial charge in [-0.25, -0.2) is 0 Å². The van der Waals surface area contributed by atoms with Crippen LogP contribution in [-0.4, -0.2) is 14.8 Å². The number of non-ortho nitro benzene ring substituents is 3. The first-order chi connectivity index (χ1) is 13.4. The maximum Gasteiger partial charge on any atom is 0.269 e. The zero-order chi connectivity index (χ0) is 20.3. The summed E-state index contributed by atoms with van der Waals surface area (Å²) in [5, 5.41) is 32.7. The molecule has 3 rings (SSSR count). The zero-order valence-electron chi connectivity index (χ0n) is 14.2. The highest BCUT2D eigenvalue weighted by atomic mass is 16.6. The average Bonchev–Trinajstić information content (AvgIpc) is 2.69. The van der Waals surface area contributed by atoms with Crippen molar-refractivity contribution in [2.24, 2.45) is 0 Å². The maximum absolute atomic E-state index is 10.9. The van der Waals surface area contributed by atoms with Gasteiger partial charge in [-0.3, -0.25) is 30.3 Å². The Morgan fingerprint density at radius 2 is 0.679 bits per heavy atom. The normalized spacial score (nSPS) is 10.6. The van der Waals surface area contributed by atoms with Crippen molar-refractivity contribution in [3.8, 4) is 0 Å². The molecule has 0 saturated carbocycles. The molecule has 0 amide bonds. The summed E-state index contributed by atoms with van der Waals surface area (Å²) < 4.78 is 0. The number of nitro benzene ring substituents is 3. The molecule has 0 N–H and O–H groups in total. The molecule has 0 atom stereocenters. The smallest absolute Gasteiger partial charge is 0.258 e. The van der Waals surface area contributed by atoms with Crippen LogP contribution >= 0.6 is 0 Å². The van der Waals surface area contributed by atoms with E-state index in [1.165, 1.54) is 36.4 Å². The van der Waals surface area contributed by atoms with Crippen molar-refractivity contribution in [2.75, 3.05) is 0 Å². The van der Waals surface area contributed by atoms with Gasteiger partial charge in [0.25, 0.3) is 17.1 Å². The number of nitro groups is 3. The second kappa shape index (κ2) is 7.62. The topological polar surface area (TPSA) is 129 Å². The molecule has 0 aromatic heterocycles. The van der Waals surface area contributed by atoms with Crippen LogP contribution in [-0.2, 0) is 0 Å². The molecule has 3 aromatic carbocycles. The molecule has 0 fully saturated rings. The summed E-state index contributed by atoms with van der Waals surface area (Å²) in [6, 6.07) is 17.5. The lowest BCUT2D eigenvalue weighted by molar-refractivity contribution is -0.385. The highest BCUT2D eigenvalue weighted by Crippen LogP contribution is 2.33. The molecule has 0 heterocycles. The molecule has 0 bridgehead atoms. The number of nitrogens with zero attached hydrogens (tertiary/aromatic N) is 3. The fourth-order valence-corrected chi connectivity index (χ4v) is 2.75. The first-order valence-corrected chi connectivity index (χ1v) is 7.98. The summed E-state index contributed by atoms with van der Waals surface area (Å²) >= 11 is 0. The summed E-state index contributed by atoms with van der Waals surface area (Å²) in [7, 11) is 0. The van der Waals surface area contributed by atoms with Crippen molar-refractivity contribution in [1.29, 1.82) is 0 Å². The van der Waals surface area contributed by atoms with E-state index in [0.29, 0.717) is 22.6 Å². The Bertz CT molecular complexity index is 894. The van der Waals surface area contributed by atoms with Crippen LogP contribution in [0.2, 0.25) is 0 Å². The van der Waals surface area contributed by atoms with Gasteiger partial charge in [0, 0.05) is 36.4 Å². The van der Waals surface area contributed by atoms with Gasteiger partial charge in [0.15, 0.2) is 0 Å². The van der Waals surface area contributed by atoms with Gasteiger partial charge < -0.3 is 0 Å². The minimum Gasteiger partial charge on any atom is -0.258 e. The molecular weight excluding hydrogens is 366 g/mol. The van der Waals surface area contributed by atoms with Crippen LogP contribution in [0.25, 0.3) is 0 Å². The molecule has 0 aliphatic rings. The third-order valence-corrected chi connectivity index (χ3v) is 4.10. The van der Waals surface area contributed by atoms with Crippen molar-refractivity contribution in [2.45, 2.75) is 0 Å². The van der Waals surface area contributed by atoms with Crippen molar-refractivity contribution >= 4 is 17.1 Å². The van der Waals surface area contributed by atoms with Crippen molar-refractivity contribution in [1.82, 2.24) is 0 Å². The van der Waals surface area contributed by atoms with E-state index in [1.54, 1.807) is 36.4 Å². The summed E-state index contributed by atoms with van der Waals surface area (Å²) in [6.07, 6.45) is 0. The quantitative estimate of drug-likeness (QED) is 0.354. The fourth-order valence-electron chi connectivity index (χ4n) is 2.75. The highest BCUT2D eigenvalue weighted by Gasteiger charge is 2.21. The predicted molar refractivity (Wildman–Crippen MR) is 99.8 cm³/mol. The second-order valence-corrected chi connectivity index (χ2v) is 5.79. The standard InChI is InChI=1S/C19H12N3O6/c23-20(24)16-7-1-13(2-8-16)19(14-3-9-17(10-4-14)21(25)26)15-5-11-18(12-6-15)22(27)28/h1-12H. The van der Waals surface area contributed by atoms with Crippen LogP contribution in [0.1, 0.15) is 16.7 Å². The molecule has 9 nitrogen and oxygen atoms in total. The minimum atomic E-state index is -0.513. The SMILES string of the molecule is O=[N+]([O-])c1ccc([C](c2ccc([N+](=O)[O-])cc2)c2ccc([N+](=O)[O-])cc2)cc1. The minimum absolute atomic E-state index is 0.0736. The van der Waals surface area contributed by atoms with Crippen LogP contribution in [0, 0.1) is 36.3 Å². The van der Waals surface area contributed by atoms with Gasteiger partial charge in [-0.1, -0.05) is 36.4 Å². The Kier molecular flexibility index (Phi) is 5.07. The maximum atomic E-state index is 10.9. The van der Waals surface area contributed by atoms with Gasteiger partial charge in [-0.05, 0) is 16.7 Å². The van der Waals surface area contributed by atoms with Gasteiger partial charge >= 0.3 is 0 Å². The Balaban J connectivity index is 2.08. The number of hydrogen-bond acceptors (Lipinski definition) is 6. The first kappa shape index (κ1) is 18.6. The molecular formula is C19H12N3O6. The second-order valence-electron chi connectivity index (χ2n) is 5.79. The monoisotopic (exact) mass is 378 g/mol. The van der Waals surface area contributed by atoms with E-state index in [0.717, 1.165) is 0 Å². The number of hydrogen-bond donors (Lipinski definition) is 0. The molecule has 0 saturated heterocycles. The first-order valence-electron chi connectivity index (χ1n) is 7.98. The molecule has 3 aromatic rings. The zero-order valence-corrected chi connectivity index (χ0v) is 14.2. The van der Waals surface area contributed by atoms with E-state index < -0.39 is 14.8 Å². The Morgan fingerprint density at radius 1 is 0.464 bits per heavy atom. The van der Waals surface area contributed by atoms with Crippen LogP contribution in [0.3, 0.4) is 0 Å². The largest absolute Gasteiger partial charge is 0.269 e. The molecule has 139 valence electrons. The van der Waals surface area contributed by atoms with E-state index in [-0.39, 0.29) is 17.1 Å². The Hall–Kier alpha value is -4.14. The van der Waals surface area contributed by atoms with Crippen molar-refractivity contribution in [3.63, 3.8) is 0 Å². The van der Waals surface area contributed by atoms with Crippen LogP contribution < -0.4 is 0 Å². The van der Waals surface area contributed by atoms with E-state index in [4.69, 9.17) is 0 Å². The molecule has 0 spiro atoms. The third-order valence-electron chi connectivity index (χ3n) is 4.10. The van der Waals surface area contributed by atoms with E-state index >= 15 is 0 Å². The molecule has 1 radical (unpaired) electrons. The summed E-state index contributed by atoms with van der Waals surface area (Å²) in [6.45, 7) is 0. The van der Waals surface area contributed by atoms with Crippen LogP contribution in [0.5, 0.6) is 0 Å². The van der Waals surface area contributed by atoms with Crippen LogP contribution in [0.4, 0.5) is 17.1 Å². The van der Waals surface area contributed by atoms with Crippen LogP contribution in [0.15, 0.2) is 72.8 Å². The fraction of sp³-hybridized carbons (Fsp3) is 0. The Labute approximate surface area is 158 Å². The average molecular weight is 378 g/mol. The number of benzene rings is 3. The van der Waals surface area contributed by atoms with Gasteiger partial charge in [-0.15, -0.1) is 0 Å². The van der Waals surface area contributed by atoms with E-state index in [9.17, 15) is 30.3 Å². The lowest BCUT2D eigenvalue weighted by atomic mass is 9.85. The van der Waals surface area contributed by atoms with Crippen molar-refractivity contribution < 1.29 is 14.8 Å². The van der Waals surface area contributed by atoms with Gasteiger partial charge in [0.1, 0.15) is 0 Å². The van der Waals surface area contributed by atoms with E-state index in [1.807, 2.05) is 0 Å². The highest BCUT2D eigenvalue weighted by molar-refractivity contribution is 5.60. The molecule has 0 aliphatic carbocycles. The summed E-state index contributed by atoms with van der Waals surface area (Å²) in [4.78, 5) is 31.1. The molecule has 0 unspecified atom stereocenters. The lowest BCUT2D eigenvalue weighted by Gasteiger charge is -2.17. The van der Waals surface area contributed by atoms with Gasteiger partial charge in [0.05, 0.1) is 20.7 Å². The molecule has 9 heteroatoms. The molecule has 0 aliphatic heterocycles. The van der Waals surface area contributed by atoms with Crippen molar-refractivity contribution in [3.05, 3.63) is 126 Å². The van der Waals surface area contributed by atoms with E-state index in [2.05, 4.69) is 0 Å². The Morgan fingerprint density at radius 3 is 0.857 bits per heavy atom. The third kappa shape index (κ3) is 3.83. The predicted octanol–water partition coefficient (Wildman–Crippen LogP) is 4.43. The van der Waals surface area contributed by atoms with Gasteiger partial charge in [-0.2, -0.15) is 0 Å². The number of rotatable bonds is 6. The summed E-state index contributed by atoms with van der Waals surface area (Å²) in [5.41, 5.74) is 1.68.